The van der Waals surface area contributed by atoms with Gasteiger partial charge in [0.1, 0.15) is 6.10 Å². The van der Waals surface area contributed by atoms with Crippen molar-refractivity contribution in [3.05, 3.63) is 39.4 Å². The first-order valence-electron chi connectivity index (χ1n) is 5.32. The highest BCUT2D eigenvalue weighted by atomic mass is 16.6. The van der Waals surface area contributed by atoms with Crippen LogP contribution in [0.2, 0.25) is 0 Å². The number of nitro benzene ring substituents is 1. The van der Waals surface area contributed by atoms with E-state index in [0.29, 0.717) is 12.0 Å². The maximum absolute atomic E-state index is 11.1. The summed E-state index contributed by atoms with van der Waals surface area (Å²) >= 11 is 0. The first kappa shape index (κ1) is 12.3. The van der Waals surface area contributed by atoms with Crippen LogP contribution >= 0.6 is 0 Å². The molecule has 2 N–H and O–H groups in total. The molecule has 0 bridgehead atoms. The Labute approximate surface area is 103 Å². The quantitative estimate of drug-likeness (QED) is 0.601. The van der Waals surface area contributed by atoms with E-state index in [1.165, 1.54) is 19.2 Å². The van der Waals surface area contributed by atoms with Gasteiger partial charge in [0, 0.05) is 12.1 Å². The number of non-ortho nitro benzene ring substituents is 1. The van der Waals surface area contributed by atoms with E-state index in [2.05, 4.69) is 10.1 Å². The Morgan fingerprint density at radius 1 is 1.61 bits per heavy atom. The monoisotopic (exact) mass is 252 g/mol. The summed E-state index contributed by atoms with van der Waals surface area (Å²) in [5.74, 6) is 0. The standard InChI is InChI=1S/C11H12N2O5/c1-18-11(15)12-9-4-6-2-3-7(13(16)17)5-8(6)10(9)14/h2-3,5,9-10,14H,4H2,1H3,(H,12,15). The number of amides is 1. The van der Waals surface area contributed by atoms with Gasteiger partial charge in [-0.2, -0.15) is 0 Å². The minimum Gasteiger partial charge on any atom is -0.453 e. The number of benzene rings is 1. The van der Waals surface area contributed by atoms with Crippen LogP contribution in [-0.2, 0) is 11.2 Å². The van der Waals surface area contributed by atoms with E-state index in [1.807, 2.05) is 0 Å². The average Bonchev–Trinajstić information content (AvgIpc) is 2.66. The number of alkyl carbamates (subject to hydrolysis) is 1. The Hall–Kier alpha value is -2.15. The molecular weight excluding hydrogens is 240 g/mol. The summed E-state index contributed by atoms with van der Waals surface area (Å²) in [6.07, 6.45) is -1.18. The second-order valence-corrected chi connectivity index (χ2v) is 4.03. The molecule has 0 heterocycles. The van der Waals surface area contributed by atoms with Crippen LogP contribution in [0.5, 0.6) is 0 Å². The lowest BCUT2D eigenvalue weighted by Crippen LogP contribution is -2.37. The lowest BCUT2D eigenvalue weighted by Gasteiger charge is -2.15. The minimum absolute atomic E-state index is 0.0773. The number of nitrogens with zero attached hydrogens (tertiary/aromatic N) is 1. The molecular formula is C11H12N2O5. The molecule has 2 rings (SSSR count). The number of ether oxygens (including phenoxy) is 1. The number of carbonyl (C=O) groups is 1. The second-order valence-electron chi connectivity index (χ2n) is 4.03. The molecule has 7 nitrogen and oxygen atoms in total. The molecule has 1 aromatic carbocycles. The van der Waals surface area contributed by atoms with Gasteiger partial charge < -0.3 is 15.2 Å². The topological polar surface area (TPSA) is 102 Å². The van der Waals surface area contributed by atoms with Crippen molar-refractivity contribution in [1.29, 1.82) is 0 Å². The van der Waals surface area contributed by atoms with Crippen molar-refractivity contribution in [3.63, 3.8) is 0 Å². The molecule has 0 saturated heterocycles. The van der Waals surface area contributed by atoms with E-state index < -0.39 is 23.2 Å². The molecule has 1 aliphatic carbocycles. The molecule has 0 saturated carbocycles. The van der Waals surface area contributed by atoms with Gasteiger partial charge in [-0.25, -0.2) is 4.79 Å². The Morgan fingerprint density at radius 3 is 2.94 bits per heavy atom. The van der Waals surface area contributed by atoms with E-state index in [4.69, 9.17) is 0 Å². The number of aliphatic hydroxyl groups excluding tert-OH is 1. The van der Waals surface area contributed by atoms with Crippen molar-refractivity contribution in [3.8, 4) is 0 Å². The average molecular weight is 252 g/mol. The number of nitrogens with one attached hydrogen (secondary N) is 1. The zero-order chi connectivity index (χ0) is 13.3. The predicted octanol–water partition coefficient (Wildman–Crippen LogP) is 0.909. The Kier molecular flexibility index (Phi) is 3.15. The zero-order valence-electron chi connectivity index (χ0n) is 9.62. The highest BCUT2D eigenvalue weighted by molar-refractivity contribution is 5.68. The maximum Gasteiger partial charge on any atom is 0.407 e. The fraction of sp³-hybridized carbons (Fsp3) is 0.364. The summed E-state index contributed by atoms with van der Waals surface area (Å²) in [6.45, 7) is 0. The number of carbonyl (C=O) groups excluding carboxylic acids is 1. The number of aliphatic hydroxyl groups is 1. The van der Waals surface area contributed by atoms with Crippen LogP contribution in [0, 0.1) is 10.1 Å². The van der Waals surface area contributed by atoms with Crippen molar-refractivity contribution in [2.24, 2.45) is 0 Å². The molecule has 0 radical (unpaired) electrons. The summed E-state index contributed by atoms with van der Waals surface area (Å²) in [4.78, 5) is 21.2. The number of hydrogen-bond acceptors (Lipinski definition) is 5. The van der Waals surface area contributed by atoms with Gasteiger partial charge in [-0.1, -0.05) is 6.07 Å². The van der Waals surface area contributed by atoms with E-state index in [0.717, 1.165) is 5.56 Å². The van der Waals surface area contributed by atoms with Crippen LogP contribution in [0.4, 0.5) is 10.5 Å². The summed E-state index contributed by atoms with van der Waals surface area (Å²) in [5.41, 5.74) is 1.19. The SMILES string of the molecule is COC(=O)NC1Cc2ccc([N+](=O)[O-])cc2C1O. The van der Waals surface area contributed by atoms with Gasteiger partial charge in [-0.15, -0.1) is 0 Å². The molecule has 2 unspecified atom stereocenters. The number of hydrogen-bond donors (Lipinski definition) is 2. The van der Waals surface area contributed by atoms with E-state index >= 15 is 0 Å². The smallest absolute Gasteiger partial charge is 0.407 e. The molecule has 0 aliphatic heterocycles. The highest BCUT2D eigenvalue weighted by Gasteiger charge is 2.33. The molecule has 18 heavy (non-hydrogen) atoms. The third-order valence-electron chi connectivity index (χ3n) is 2.97. The number of methoxy groups -OCH3 is 1. The summed E-state index contributed by atoms with van der Waals surface area (Å²) < 4.78 is 4.45. The summed E-state index contributed by atoms with van der Waals surface area (Å²) in [6, 6.07) is 3.79. The van der Waals surface area contributed by atoms with Crippen LogP contribution in [0.25, 0.3) is 0 Å². The van der Waals surface area contributed by atoms with Crippen LogP contribution in [-0.4, -0.2) is 29.3 Å². The number of fused-ring (bicyclic) bond motifs is 1. The van der Waals surface area contributed by atoms with Gasteiger partial charge in [-0.05, 0) is 17.5 Å². The molecule has 96 valence electrons. The summed E-state index contributed by atoms with van der Waals surface area (Å²) in [5, 5.41) is 23.1. The van der Waals surface area contributed by atoms with E-state index in [1.54, 1.807) is 6.07 Å². The molecule has 1 aliphatic rings. The van der Waals surface area contributed by atoms with Gasteiger partial charge in [0.2, 0.25) is 0 Å². The van der Waals surface area contributed by atoms with Crippen LogP contribution in [0.1, 0.15) is 17.2 Å². The highest BCUT2D eigenvalue weighted by Crippen LogP contribution is 2.33. The Morgan fingerprint density at radius 2 is 2.33 bits per heavy atom. The third-order valence-corrected chi connectivity index (χ3v) is 2.97. The largest absolute Gasteiger partial charge is 0.453 e. The fourth-order valence-corrected chi connectivity index (χ4v) is 2.06. The van der Waals surface area contributed by atoms with Crippen molar-refractivity contribution >= 4 is 11.8 Å². The molecule has 1 aromatic rings. The number of rotatable bonds is 2. The van der Waals surface area contributed by atoms with Crippen LogP contribution < -0.4 is 5.32 Å². The first-order chi connectivity index (χ1) is 8.52. The Bertz CT molecular complexity index is 502. The first-order valence-corrected chi connectivity index (χ1v) is 5.32. The number of nitro groups is 1. The van der Waals surface area contributed by atoms with E-state index in [-0.39, 0.29) is 5.69 Å². The zero-order valence-corrected chi connectivity index (χ0v) is 9.62. The lowest BCUT2D eigenvalue weighted by molar-refractivity contribution is -0.385. The molecule has 2 atom stereocenters. The van der Waals surface area contributed by atoms with E-state index in [9.17, 15) is 20.0 Å². The van der Waals surface area contributed by atoms with Gasteiger partial charge in [0.15, 0.2) is 0 Å². The maximum atomic E-state index is 11.1. The molecule has 0 spiro atoms. The van der Waals surface area contributed by atoms with Crippen LogP contribution in [0.15, 0.2) is 18.2 Å². The Balaban J connectivity index is 2.22. The normalized spacial score (nSPS) is 21.2. The molecule has 0 fully saturated rings. The van der Waals surface area contributed by atoms with Crippen molar-refractivity contribution in [2.45, 2.75) is 18.6 Å². The minimum atomic E-state index is -0.959. The predicted molar refractivity (Wildman–Crippen MR) is 61.1 cm³/mol. The third kappa shape index (κ3) is 2.12. The molecule has 7 heteroatoms. The van der Waals surface area contributed by atoms with Crippen LogP contribution in [0.3, 0.4) is 0 Å². The van der Waals surface area contributed by atoms with Gasteiger partial charge in [-0.3, -0.25) is 10.1 Å². The van der Waals surface area contributed by atoms with Gasteiger partial charge >= 0.3 is 6.09 Å². The van der Waals surface area contributed by atoms with Crippen molar-refractivity contribution in [1.82, 2.24) is 5.32 Å². The summed E-state index contributed by atoms with van der Waals surface area (Å²) in [7, 11) is 1.23. The van der Waals surface area contributed by atoms with Crippen molar-refractivity contribution < 1.29 is 19.6 Å². The van der Waals surface area contributed by atoms with Gasteiger partial charge in [0.25, 0.3) is 5.69 Å². The molecule has 1 amide bonds. The van der Waals surface area contributed by atoms with Crippen molar-refractivity contribution in [2.75, 3.05) is 7.11 Å². The molecule has 0 aromatic heterocycles. The van der Waals surface area contributed by atoms with Gasteiger partial charge in [0.05, 0.1) is 18.1 Å². The second kappa shape index (κ2) is 4.61. The lowest BCUT2D eigenvalue weighted by atomic mass is 10.1. The fourth-order valence-electron chi connectivity index (χ4n) is 2.06.